The highest BCUT2D eigenvalue weighted by molar-refractivity contribution is 5.64. The van der Waals surface area contributed by atoms with E-state index in [1.807, 2.05) is 24.3 Å². The van der Waals surface area contributed by atoms with E-state index in [0.717, 1.165) is 24.4 Å². The standard InChI is InChI=1S/C14H17N5O2/c1-2-5-16-12-7-13(19-14(15)18-12)17-9-3-4-10-11(6-9)21-8-20-10/h3-4,6-7H,2,5,8H2,1H3,(H4,15,16,17,18,19). The Balaban J connectivity index is 1.79. The molecule has 110 valence electrons. The van der Waals surface area contributed by atoms with E-state index in [1.54, 1.807) is 0 Å². The lowest BCUT2D eigenvalue weighted by atomic mass is 10.3. The van der Waals surface area contributed by atoms with E-state index in [1.165, 1.54) is 0 Å². The van der Waals surface area contributed by atoms with Gasteiger partial charge in [-0.05, 0) is 18.6 Å². The summed E-state index contributed by atoms with van der Waals surface area (Å²) in [4.78, 5) is 8.32. The highest BCUT2D eigenvalue weighted by atomic mass is 16.7. The molecule has 1 aliphatic heterocycles. The summed E-state index contributed by atoms with van der Waals surface area (Å²) < 4.78 is 10.6. The van der Waals surface area contributed by atoms with E-state index < -0.39 is 0 Å². The maximum absolute atomic E-state index is 5.73. The molecule has 0 radical (unpaired) electrons. The Labute approximate surface area is 122 Å². The number of aromatic nitrogens is 2. The second kappa shape index (κ2) is 5.74. The first-order valence-electron chi connectivity index (χ1n) is 6.79. The molecule has 0 bridgehead atoms. The number of nitrogens with zero attached hydrogens (tertiary/aromatic N) is 2. The third-order valence-corrected chi connectivity index (χ3v) is 2.94. The maximum atomic E-state index is 5.73. The van der Waals surface area contributed by atoms with Gasteiger partial charge in [0.05, 0.1) is 0 Å². The number of nitrogen functional groups attached to an aromatic ring is 1. The average molecular weight is 287 g/mol. The van der Waals surface area contributed by atoms with Crippen LogP contribution in [-0.2, 0) is 0 Å². The van der Waals surface area contributed by atoms with Gasteiger partial charge in [-0.3, -0.25) is 0 Å². The first kappa shape index (κ1) is 13.3. The fraction of sp³-hybridized carbons (Fsp3) is 0.286. The van der Waals surface area contributed by atoms with Crippen LogP contribution in [0.25, 0.3) is 0 Å². The molecule has 7 heteroatoms. The predicted molar refractivity (Wildman–Crippen MR) is 81.1 cm³/mol. The van der Waals surface area contributed by atoms with Gasteiger partial charge in [0.1, 0.15) is 11.6 Å². The average Bonchev–Trinajstić information content (AvgIpc) is 2.92. The maximum Gasteiger partial charge on any atom is 0.231 e. The van der Waals surface area contributed by atoms with Crippen molar-refractivity contribution in [2.45, 2.75) is 13.3 Å². The number of nitrogens with one attached hydrogen (secondary N) is 2. The van der Waals surface area contributed by atoms with Crippen molar-refractivity contribution in [3.8, 4) is 11.5 Å². The van der Waals surface area contributed by atoms with Gasteiger partial charge in [-0.15, -0.1) is 0 Å². The molecule has 21 heavy (non-hydrogen) atoms. The molecule has 0 amide bonds. The van der Waals surface area contributed by atoms with Gasteiger partial charge in [-0.1, -0.05) is 6.92 Å². The minimum Gasteiger partial charge on any atom is -0.454 e. The molecule has 1 aromatic carbocycles. The molecule has 0 saturated carbocycles. The Hall–Kier alpha value is -2.70. The van der Waals surface area contributed by atoms with Crippen molar-refractivity contribution in [2.75, 3.05) is 29.7 Å². The van der Waals surface area contributed by atoms with Crippen molar-refractivity contribution in [1.82, 2.24) is 9.97 Å². The fourth-order valence-electron chi connectivity index (χ4n) is 2.00. The van der Waals surface area contributed by atoms with Gasteiger partial charge >= 0.3 is 0 Å². The van der Waals surface area contributed by atoms with Gasteiger partial charge in [0.25, 0.3) is 0 Å². The Kier molecular flexibility index (Phi) is 3.63. The van der Waals surface area contributed by atoms with E-state index >= 15 is 0 Å². The number of rotatable bonds is 5. The first-order chi connectivity index (χ1) is 10.2. The lowest BCUT2D eigenvalue weighted by molar-refractivity contribution is 0.174. The first-order valence-corrected chi connectivity index (χ1v) is 6.79. The topological polar surface area (TPSA) is 94.3 Å². The monoisotopic (exact) mass is 287 g/mol. The molecule has 2 heterocycles. The highest BCUT2D eigenvalue weighted by Crippen LogP contribution is 2.35. The summed E-state index contributed by atoms with van der Waals surface area (Å²) in [7, 11) is 0. The van der Waals surface area contributed by atoms with Crippen molar-refractivity contribution in [2.24, 2.45) is 0 Å². The van der Waals surface area contributed by atoms with Crippen LogP contribution in [-0.4, -0.2) is 23.3 Å². The number of fused-ring (bicyclic) bond motifs is 1. The number of hydrogen-bond acceptors (Lipinski definition) is 7. The molecular weight excluding hydrogens is 270 g/mol. The van der Waals surface area contributed by atoms with Crippen molar-refractivity contribution in [3.63, 3.8) is 0 Å². The van der Waals surface area contributed by atoms with Crippen LogP contribution < -0.4 is 25.8 Å². The minimum absolute atomic E-state index is 0.222. The number of anilines is 4. The van der Waals surface area contributed by atoms with Crippen molar-refractivity contribution < 1.29 is 9.47 Å². The van der Waals surface area contributed by atoms with Gasteiger partial charge in [0, 0.05) is 24.4 Å². The van der Waals surface area contributed by atoms with Crippen LogP contribution >= 0.6 is 0 Å². The number of nitrogens with two attached hydrogens (primary N) is 1. The SMILES string of the molecule is CCCNc1cc(Nc2ccc3c(c2)OCO3)nc(N)n1. The van der Waals surface area contributed by atoms with E-state index in [-0.39, 0.29) is 12.7 Å². The zero-order valence-electron chi connectivity index (χ0n) is 11.7. The molecule has 0 fully saturated rings. The number of hydrogen-bond donors (Lipinski definition) is 3. The van der Waals surface area contributed by atoms with Crippen LogP contribution in [0.4, 0.5) is 23.3 Å². The summed E-state index contributed by atoms with van der Waals surface area (Å²) >= 11 is 0. The quantitative estimate of drug-likeness (QED) is 0.777. The summed E-state index contributed by atoms with van der Waals surface area (Å²) in [5.74, 6) is 3.01. The summed E-state index contributed by atoms with van der Waals surface area (Å²) in [6.07, 6.45) is 1.01. The normalized spacial score (nSPS) is 12.2. The Morgan fingerprint density at radius 3 is 2.81 bits per heavy atom. The van der Waals surface area contributed by atoms with Gasteiger partial charge < -0.3 is 25.8 Å². The largest absolute Gasteiger partial charge is 0.454 e. The molecule has 1 aromatic heterocycles. The highest BCUT2D eigenvalue weighted by Gasteiger charge is 2.13. The molecular formula is C14H17N5O2. The van der Waals surface area contributed by atoms with Crippen molar-refractivity contribution >= 4 is 23.3 Å². The molecule has 0 aliphatic carbocycles. The van der Waals surface area contributed by atoms with Crippen LogP contribution in [0.2, 0.25) is 0 Å². The van der Waals surface area contributed by atoms with E-state index in [0.29, 0.717) is 17.4 Å². The third kappa shape index (κ3) is 3.07. The molecule has 0 saturated heterocycles. The number of ether oxygens (including phenoxy) is 2. The zero-order chi connectivity index (χ0) is 14.7. The van der Waals surface area contributed by atoms with Crippen molar-refractivity contribution in [1.29, 1.82) is 0 Å². The third-order valence-electron chi connectivity index (χ3n) is 2.94. The molecule has 1 aliphatic rings. The van der Waals surface area contributed by atoms with Crippen LogP contribution in [0, 0.1) is 0 Å². The minimum atomic E-state index is 0.222. The Bertz CT molecular complexity index is 647. The predicted octanol–water partition coefficient (Wildman–Crippen LogP) is 2.35. The van der Waals surface area contributed by atoms with Gasteiger partial charge in [0.2, 0.25) is 12.7 Å². The van der Waals surface area contributed by atoms with E-state index in [4.69, 9.17) is 15.2 Å². The van der Waals surface area contributed by atoms with E-state index in [9.17, 15) is 0 Å². The number of benzene rings is 1. The second-order valence-corrected chi connectivity index (χ2v) is 4.62. The second-order valence-electron chi connectivity index (χ2n) is 4.62. The molecule has 2 aromatic rings. The summed E-state index contributed by atoms with van der Waals surface area (Å²) in [5, 5.41) is 6.37. The van der Waals surface area contributed by atoms with Gasteiger partial charge in [0.15, 0.2) is 11.5 Å². The van der Waals surface area contributed by atoms with Gasteiger partial charge in [-0.25, -0.2) is 0 Å². The summed E-state index contributed by atoms with van der Waals surface area (Å²) in [6, 6.07) is 7.42. The molecule has 0 unspecified atom stereocenters. The summed E-state index contributed by atoms with van der Waals surface area (Å²) in [5.41, 5.74) is 6.57. The Morgan fingerprint density at radius 1 is 1.14 bits per heavy atom. The fourth-order valence-corrected chi connectivity index (χ4v) is 2.00. The molecule has 4 N–H and O–H groups in total. The van der Waals surface area contributed by atoms with Gasteiger partial charge in [-0.2, -0.15) is 9.97 Å². The molecule has 7 nitrogen and oxygen atoms in total. The molecule has 3 rings (SSSR count). The molecule has 0 spiro atoms. The van der Waals surface area contributed by atoms with Crippen molar-refractivity contribution in [3.05, 3.63) is 24.3 Å². The van der Waals surface area contributed by atoms with Crippen LogP contribution in [0.5, 0.6) is 11.5 Å². The Morgan fingerprint density at radius 2 is 1.95 bits per heavy atom. The van der Waals surface area contributed by atoms with E-state index in [2.05, 4.69) is 27.5 Å². The zero-order valence-corrected chi connectivity index (χ0v) is 11.7. The van der Waals surface area contributed by atoms with Crippen LogP contribution in [0.1, 0.15) is 13.3 Å². The lowest BCUT2D eigenvalue weighted by Gasteiger charge is -2.10. The molecule has 0 atom stereocenters. The van der Waals surface area contributed by atoms with Crippen LogP contribution in [0.3, 0.4) is 0 Å². The van der Waals surface area contributed by atoms with Crippen LogP contribution in [0.15, 0.2) is 24.3 Å². The summed E-state index contributed by atoms with van der Waals surface area (Å²) in [6.45, 7) is 3.17. The lowest BCUT2D eigenvalue weighted by Crippen LogP contribution is -2.06. The smallest absolute Gasteiger partial charge is 0.231 e.